The maximum Gasteiger partial charge on any atom is 0.335 e. The summed E-state index contributed by atoms with van der Waals surface area (Å²) in [5.41, 5.74) is 2.85. The second-order valence-corrected chi connectivity index (χ2v) is 6.24. The van der Waals surface area contributed by atoms with Crippen molar-refractivity contribution in [2.75, 3.05) is 0 Å². The van der Waals surface area contributed by atoms with Gasteiger partial charge < -0.3 is 15.2 Å². The number of halogens is 1. The summed E-state index contributed by atoms with van der Waals surface area (Å²) in [7, 11) is 1.70. The number of rotatable bonds is 3. The molecule has 130 valence electrons. The molecule has 0 radical (unpaired) electrons. The van der Waals surface area contributed by atoms with Crippen molar-refractivity contribution >= 4 is 28.6 Å². The Morgan fingerprint density at radius 2 is 1.92 bits per heavy atom. The van der Waals surface area contributed by atoms with Crippen LogP contribution in [-0.2, 0) is 7.05 Å². The van der Waals surface area contributed by atoms with E-state index in [-0.39, 0.29) is 11.3 Å². The lowest BCUT2D eigenvalue weighted by Crippen LogP contribution is -1.95. The molecule has 2 aromatic heterocycles. The second kappa shape index (κ2) is 5.89. The van der Waals surface area contributed by atoms with Crippen molar-refractivity contribution in [1.29, 1.82) is 0 Å². The second-order valence-electron chi connectivity index (χ2n) is 5.80. The fraction of sp³-hybridized carbons (Fsp3) is 0.0556. The number of hydrogen-bond donors (Lipinski definition) is 3. The minimum absolute atomic E-state index is 0.0210. The van der Waals surface area contributed by atoms with Crippen LogP contribution in [0.3, 0.4) is 0 Å². The molecule has 0 aliphatic carbocycles. The summed E-state index contributed by atoms with van der Waals surface area (Å²) in [6.45, 7) is 0. The molecule has 0 saturated carbocycles. The van der Waals surface area contributed by atoms with E-state index in [0.29, 0.717) is 33.3 Å². The largest absolute Gasteiger partial charge is 0.504 e. The first-order valence-electron chi connectivity index (χ1n) is 7.69. The minimum atomic E-state index is -1.02. The molecule has 4 aromatic rings. The topological polar surface area (TPSA) is 104 Å². The lowest BCUT2D eigenvalue weighted by atomic mass is 10.1. The average Bonchev–Trinajstić information content (AvgIpc) is 3.15. The van der Waals surface area contributed by atoms with Gasteiger partial charge in [-0.25, -0.2) is 9.78 Å². The van der Waals surface area contributed by atoms with Gasteiger partial charge in [0.25, 0.3) is 0 Å². The van der Waals surface area contributed by atoms with Gasteiger partial charge in [0.1, 0.15) is 11.4 Å². The first kappa shape index (κ1) is 16.2. The lowest BCUT2D eigenvalue weighted by molar-refractivity contribution is 0.0697. The number of carboxylic acid groups (broad SMARTS) is 1. The van der Waals surface area contributed by atoms with Crippen LogP contribution in [0.2, 0.25) is 5.02 Å². The molecule has 0 aliphatic heterocycles. The average molecular weight is 369 g/mol. The highest BCUT2D eigenvalue weighted by molar-refractivity contribution is 6.30. The summed E-state index contributed by atoms with van der Waals surface area (Å²) >= 11 is 5.91. The van der Waals surface area contributed by atoms with Gasteiger partial charge in [-0.15, -0.1) is 0 Å². The predicted molar refractivity (Wildman–Crippen MR) is 97.4 cm³/mol. The molecular weight excluding hydrogens is 356 g/mol. The zero-order valence-corrected chi connectivity index (χ0v) is 14.3. The molecule has 0 atom stereocenters. The SMILES string of the molecule is Cn1nc(-c2ccc(Cl)cc2)c(O)c1-c1nc2ccc(C(=O)O)cc2[nH]1. The number of aromatic carboxylic acids is 1. The van der Waals surface area contributed by atoms with Crippen molar-refractivity contribution in [1.82, 2.24) is 19.7 Å². The standard InChI is InChI=1S/C18H13ClN4O3/c1-23-15(16(24)14(22-23)9-2-5-11(19)6-3-9)17-20-12-7-4-10(18(25)26)8-13(12)21-17/h2-8,24H,1H3,(H,20,21)(H,25,26). The van der Waals surface area contributed by atoms with Crippen LogP contribution in [-0.4, -0.2) is 35.9 Å². The van der Waals surface area contributed by atoms with E-state index in [4.69, 9.17) is 16.7 Å². The Morgan fingerprint density at radius 3 is 2.62 bits per heavy atom. The third-order valence-electron chi connectivity index (χ3n) is 4.09. The number of imidazole rings is 1. The van der Waals surface area contributed by atoms with Crippen LogP contribution in [0.5, 0.6) is 5.75 Å². The van der Waals surface area contributed by atoms with Crippen LogP contribution in [0.1, 0.15) is 10.4 Å². The van der Waals surface area contributed by atoms with Gasteiger partial charge in [-0.3, -0.25) is 4.68 Å². The Morgan fingerprint density at radius 1 is 1.19 bits per heavy atom. The van der Waals surface area contributed by atoms with Crippen LogP contribution >= 0.6 is 11.6 Å². The van der Waals surface area contributed by atoms with Crippen molar-refractivity contribution in [2.24, 2.45) is 7.05 Å². The minimum Gasteiger partial charge on any atom is -0.504 e. The quantitative estimate of drug-likeness (QED) is 0.511. The number of aryl methyl sites for hydroxylation is 1. The van der Waals surface area contributed by atoms with Crippen LogP contribution in [0, 0.1) is 0 Å². The normalized spacial score (nSPS) is 11.2. The van der Waals surface area contributed by atoms with Crippen molar-refractivity contribution in [3.8, 4) is 28.5 Å². The molecule has 0 fully saturated rings. The molecule has 3 N–H and O–H groups in total. The Kier molecular flexibility index (Phi) is 3.66. The molecule has 0 spiro atoms. The molecule has 7 nitrogen and oxygen atoms in total. The molecule has 2 heterocycles. The predicted octanol–water partition coefficient (Wildman–Crippen LogP) is 3.69. The number of hydrogen-bond acceptors (Lipinski definition) is 4. The zero-order valence-electron chi connectivity index (χ0n) is 13.6. The number of H-pyrrole nitrogens is 1. The fourth-order valence-corrected chi connectivity index (χ4v) is 2.96. The van der Waals surface area contributed by atoms with Crippen molar-refractivity contribution in [2.45, 2.75) is 0 Å². The molecule has 8 heteroatoms. The number of fused-ring (bicyclic) bond motifs is 1. The highest BCUT2D eigenvalue weighted by Gasteiger charge is 2.21. The van der Waals surface area contributed by atoms with E-state index in [0.717, 1.165) is 5.56 Å². The number of carbonyl (C=O) groups is 1. The van der Waals surface area contributed by atoms with E-state index in [2.05, 4.69) is 15.1 Å². The molecule has 0 saturated heterocycles. The number of aromatic hydroxyl groups is 1. The summed E-state index contributed by atoms with van der Waals surface area (Å²) in [5.74, 6) is -0.640. The summed E-state index contributed by atoms with van der Waals surface area (Å²) in [6.07, 6.45) is 0. The lowest BCUT2D eigenvalue weighted by Gasteiger charge is -1.99. The molecule has 0 amide bonds. The van der Waals surface area contributed by atoms with Crippen LogP contribution in [0.15, 0.2) is 42.5 Å². The fourth-order valence-electron chi connectivity index (χ4n) is 2.84. The number of nitrogens with zero attached hydrogens (tertiary/aromatic N) is 3. The van der Waals surface area contributed by atoms with Crippen molar-refractivity contribution in [3.63, 3.8) is 0 Å². The Bertz CT molecular complexity index is 1150. The van der Waals surface area contributed by atoms with Crippen LogP contribution in [0.4, 0.5) is 0 Å². The van der Waals surface area contributed by atoms with Crippen molar-refractivity contribution in [3.05, 3.63) is 53.1 Å². The highest BCUT2D eigenvalue weighted by atomic mass is 35.5. The van der Waals surface area contributed by atoms with Gasteiger partial charge in [0.2, 0.25) is 0 Å². The maximum absolute atomic E-state index is 11.1. The Balaban J connectivity index is 1.84. The van der Waals surface area contributed by atoms with E-state index < -0.39 is 5.97 Å². The Labute approximate surface area is 152 Å². The van der Waals surface area contributed by atoms with Crippen molar-refractivity contribution < 1.29 is 15.0 Å². The number of carboxylic acids is 1. The summed E-state index contributed by atoms with van der Waals surface area (Å²) in [6, 6.07) is 11.6. The van der Waals surface area contributed by atoms with Gasteiger partial charge in [-0.1, -0.05) is 23.7 Å². The molecule has 0 unspecified atom stereocenters. The first-order valence-corrected chi connectivity index (χ1v) is 8.07. The zero-order chi connectivity index (χ0) is 18.4. The molecule has 0 bridgehead atoms. The van der Waals surface area contributed by atoms with Gasteiger partial charge in [-0.05, 0) is 30.3 Å². The Hall–Kier alpha value is -3.32. The number of aromatic nitrogens is 4. The highest BCUT2D eigenvalue weighted by Crippen LogP contribution is 2.37. The molecule has 2 aromatic carbocycles. The first-order chi connectivity index (χ1) is 12.4. The third-order valence-corrected chi connectivity index (χ3v) is 4.34. The summed E-state index contributed by atoms with van der Waals surface area (Å²) in [5, 5.41) is 24.8. The van der Waals surface area contributed by atoms with Gasteiger partial charge in [0.05, 0.1) is 16.6 Å². The molecule has 0 aliphatic rings. The number of nitrogens with one attached hydrogen (secondary N) is 1. The summed E-state index contributed by atoms with van der Waals surface area (Å²) < 4.78 is 1.52. The summed E-state index contributed by atoms with van der Waals surface area (Å²) in [4.78, 5) is 18.6. The smallest absolute Gasteiger partial charge is 0.335 e. The molecule has 4 rings (SSSR count). The van der Waals surface area contributed by atoms with Crippen LogP contribution in [0.25, 0.3) is 33.8 Å². The van der Waals surface area contributed by atoms with Gasteiger partial charge in [0, 0.05) is 17.6 Å². The van der Waals surface area contributed by atoms with E-state index in [1.165, 1.54) is 16.8 Å². The van der Waals surface area contributed by atoms with E-state index in [1.54, 1.807) is 37.4 Å². The monoisotopic (exact) mass is 368 g/mol. The molecular formula is C18H13ClN4O3. The van der Waals surface area contributed by atoms with E-state index in [1.807, 2.05) is 0 Å². The number of aromatic amines is 1. The molecule has 26 heavy (non-hydrogen) atoms. The van der Waals surface area contributed by atoms with Gasteiger partial charge in [-0.2, -0.15) is 5.10 Å². The third kappa shape index (κ3) is 2.58. The maximum atomic E-state index is 11.1. The van der Waals surface area contributed by atoms with E-state index in [9.17, 15) is 9.90 Å². The van der Waals surface area contributed by atoms with Gasteiger partial charge >= 0.3 is 5.97 Å². The van der Waals surface area contributed by atoms with Crippen LogP contribution < -0.4 is 0 Å². The number of benzene rings is 2. The van der Waals surface area contributed by atoms with E-state index >= 15 is 0 Å². The van der Waals surface area contributed by atoms with Gasteiger partial charge in [0.15, 0.2) is 11.6 Å².